The maximum atomic E-state index is 5.42. The van der Waals surface area contributed by atoms with Crippen LogP contribution in [0.25, 0.3) is 0 Å². The highest BCUT2D eigenvalue weighted by Crippen LogP contribution is 2.11. The van der Waals surface area contributed by atoms with E-state index in [0.717, 1.165) is 64.1 Å². The van der Waals surface area contributed by atoms with Crippen LogP contribution in [-0.4, -0.2) is 56.8 Å². The number of guanidine groups is 1. The van der Waals surface area contributed by atoms with Crippen molar-refractivity contribution < 1.29 is 9.15 Å². The van der Waals surface area contributed by atoms with Crippen LogP contribution in [-0.2, 0) is 17.7 Å². The number of nitrogens with one attached hydrogen (secondary N) is 2. The lowest BCUT2D eigenvalue weighted by Crippen LogP contribution is -2.44. The fourth-order valence-corrected chi connectivity index (χ4v) is 3.28. The number of aryl methyl sites for hydroxylation is 2. The molecular weight excluding hydrogens is 352 g/mol. The van der Waals surface area contributed by atoms with Gasteiger partial charge in [0.2, 0.25) is 0 Å². The van der Waals surface area contributed by atoms with E-state index in [1.807, 2.05) is 12.1 Å². The smallest absolute Gasteiger partial charge is 0.191 e. The molecule has 1 aliphatic heterocycles. The SMILES string of the molecule is Cc1ccc(CN=C(NCCc2ccco2)NCCN2CCOCC2)c(C)c1. The van der Waals surface area contributed by atoms with Crippen molar-refractivity contribution in [3.8, 4) is 0 Å². The Bertz CT molecular complexity index is 737. The summed E-state index contributed by atoms with van der Waals surface area (Å²) in [7, 11) is 0. The molecule has 0 unspecified atom stereocenters. The van der Waals surface area contributed by atoms with Gasteiger partial charge in [-0.05, 0) is 37.1 Å². The number of morpholine rings is 1. The summed E-state index contributed by atoms with van der Waals surface area (Å²) in [5.74, 6) is 1.83. The van der Waals surface area contributed by atoms with Crippen LogP contribution in [0.4, 0.5) is 0 Å². The van der Waals surface area contributed by atoms with E-state index < -0.39 is 0 Å². The lowest BCUT2D eigenvalue weighted by Gasteiger charge is -2.26. The first-order valence-corrected chi connectivity index (χ1v) is 10.1. The highest BCUT2D eigenvalue weighted by Gasteiger charge is 2.10. The first-order chi connectivity index (χ1) is 13.7. The fraction of sp³-hybridized carbons (Fsp3) is 0.500. The van der Waals surface area contributed by atoms with Crippen LogP contribution in [0.1, 0.15) is 22.5 Å². The number of benzene rings is 1. The molecule has 0 bridgehead atoms. The van der Waals surface area contributed by atoms with Gasteiger partial charge in [-0.3, -0.25) is 4.90 Å². The van der Waals surface area contributed by atoms with E-state index in [0.29, 0.717) is 6.54 Å². The lowest BCUT2D eigenvalue weighted by molar-refractivity contribution is 0.0389. The predicted molar refractivity (Wildman–Crippen MR) is 113 cm³/mol. The minimum Gasteiger partial charge on any atom is -0.469 e. The van der Waals surface area contributed by atoms with Gasteiger partial charge in [-0.25, -0.2) is 4.99 Å². The molecule has 2 aromatic rings. The van der Waals surface area contributed by atoms with Gasteiger partial charge in [-0.15, -0.1) is 0 Å². The number of nitrogens with zero attached hydrogens (tertiary/aromatic N) is 2. The maximum Gasteiger partial charge on any atom is 0.191 e. The van der Waals surface area contributed by atoms with E-state index in [4.69, 9.17) is 14.1 Å². The number of aliphatic imine (C=N–C) groups is 1. The molecule has 1 fully saturated rings. The Morgan fingerprint density at radius 3 is 2.68 bits per heavy atom. The molecule has 6 nitrogen and oxygen atoms in total. The molecule has 0 spiro atoms. The Morgan fingerprint density at radius 2 is 1.93 bits per heavy atom. The Labute approximate surface area is 168 Å². The molecule has 1 aromatic heterocycles. The number of hydrogen-bond donors (Lipinski definition) is 2. The molecule has 2 N–H and O–H groups in total. The summed E-state index contributed by atoms with van der Waals surface area (Å²) in [5.41, 5.74) is 3.82. The first kappa shape index (κ1) is 20.4. The van der Waals surface area contributed by atoms with Crippen LogP contribution in [0.3, 0.4) is 0 Å². The third-order valence-electron chi connectivity index (χ3n) is 4.97. The zero-order valence-electron chi connectivity index (χ0n) is 17.0. The van der Waals surface area contributed by atoms with E-state index in [-0.39, 0.29) is 0 Å². The molecule has 1 saturated heterocycles. The van der Waals surface area contributed by atoms with Gasteiger partial charge in [-0.1, -0.05) is 23.8 Å². The molecule has 2 heterocycles. The Balaban J connectivity index is 1.53. The van der Waals surface area contributed by atoms with Crippen LogP contribution in [0.2, 0.25) is 0 Å². The second-order valence-corrected chi connectivity index (χ2v) is 7.23. The van der Waals surface area contributed by atoms with Crippen molar-refractivity contribution in [2.75, 3.05) is 45.9 Å². The number of rotatable bonds is 8. The Morgan fingerprint density at radius 1 is 1.11 bits per heavy atom. The fourth-order valence-electron chi connectivity index (χ4n) is 3.28. The summed E-state index contributed by atoms with van der Waals surface area (Å²) in [6.45, 7) is 11.2. The van der Waals surface area contributed by atoms with E-state index in [9.17, 15) is 0 Å². The van der Waals surface area contributed by atoms with Crippen LogP contribution < -0.4 is 10.6 Å². The van der Waals surface area contributed by atoms with Gasteiger partial charge in [-0.2, -0.15) is 0 Å². The highest BCUT2D eigenvalue weighted by atomic mass is 16.5. The van der Waals surface area contributed by atoms with Gasteiger partial charge >= 0.3 is 0 Å². The molecule has 0 aliphatic carbocycles. The summed E-state index contributed by atoms with van der Waals surface area (Å²) >= 11 is 0. The molecule has 3 rings (SSSR count). The van der Waals surface area contributed by atoms with Gasteiger partial charge < -0.3 is 19.8 Å². The van der Waals surface area contributed by atoms with Crippen molar-refractivity contribution in [2.45, 2.75) is 26.8 Å². The maximum absolute atomic E-state index is 5.42. The van der Waals surface area contributed by atoms with E-state index in [1.54, 1.807) is 6.26 Å². The predicted octanol–water partition coefficient (Wildman–Crippen LogP) is 2.51. The van der Waals surface area contributed by atoms with Gasteiger partial charge in [0.15, 0.2) is 5.96 Å². The topological polar surface area (TPSA) is 62.0 Å². The largest absolute Gasteiger partial charge is 0.469 e. The minimum absolute atomic E-state index is 0.666. The summed E-state index contributed by atoms with van der Waals surface area (Å²) in [6, 6.07) is 10.4. The molecule has 28 heavy (non-hydrogen) atoms. The van der Waals surface area contributed by atoms with E-state index in [1.165, 1.54) is 16.7 Å². The van der Waals surface area contributed by atoms with Gasteiger partial charge in [0.05, 0.1) is 26.0 Å². The third kappa shape index (κ3) is 6.69. The quantitative estimate of drug-likeness (QED) is 0.541. The third-order valence-corrected chi connectivity index (χ3v) is 4.97. The standard InChI is InChI=1S/C22H32N4O2/c1-18-5-6-20(19(2)16-18)17-25-22(23-8-7-21-4-3-13-28-21)24-9-10-26-11-14-27-15-12-26/h3-6,13,16H,7-12,14-15,17H2,1-2H3,(H2,23,24,25). The second-order valence-electron chi connectivity index (χ2n) is 7.23. The van der Waals surface area contributed by atoms with Crippen molar-refractivity contribution in [3.05, 3.63) is 59.0 Å². The summed E-state index contributed by atoms with van der Waals surface area (Å²) in [6.07, 6.45) is 2.55. The van der Waals surface area contributed by atoms with Crippen LogP contribution in [0, 0.1) is 13.8 Å². The summed E-state index contributed by atoms with van der Waals surface area (Å²) in [5, 5.41) is 6.91. The molecular formula is C22H32N4O2. The van der Waals surface area contributed by atoms with Crippen molar-refractivity contribution in [1.29, 1.82) is 0 Å². The monoisotopic (exact) mass is 384 g/mol. The molecule has 0 saturated carbocycles. The number of hydrogen-bond acceptors (Lipinski definition) is 4. The highest BCUT2D eigenvalue weighted by molar-refractivity contribution is 5.79. The number of furan rings is 1. The second kappa shape index (κ2) is 10.9. The van der Waals surface area contributed by atoms with E-state index in [2.05, 4.69) is 47.6 Å². The van der Waals surface area contributed by atoms with Crippen molar-refractivity contribution in [2.24, 2.45) is 4.99 Å². The van der Waals surface area contributed by atoms with Gasteiger partial charge in [0.1, 0.15) is 5.76 Å². The molecule has 0 atom stereocenters. The minimum atomic E-state index is 0.666. The molecule has 1 aliphatic rings. The van der Waals surface area contributed by atoms with E-state index >= 15 is 0 Å². The van der Waals surface area contributed by atoms with Gasteiger partial charge in [0.25, 0.3) is 0 Å². The normalized spacial score (nSPS) is 15.6. The zero-order chi connectivity index (χ0) is 19.6. The Hall–Kier alpha value is -2.31. The van der Waals surface area contributed by atoms with Crippen LogP contribution in [0.15, 0.2) is 46.0 Å². The summed E-state index contributed by atoms with van der Waals surface area (Å²) < 4.78 is 10.8. The lowest BCUT2D eigenvalue weighted by atomic mass is 10.1. The first-order valence-electron chi connectivity index (χ1n) is 10.1. The Kier molecular flexibility index (Phi) is 7.94. The number of ether oxygens (including phenoxy) is 1. The van der Waals surface area contributed by atoms with Gasteiger partial charge in [0, 0.05) is 39.1 Å². The van der Waals surface area contributed by atoms with Crippen molar-refractivity contribution in [1.82, 2.24) is 15.5 Å². The molecule has 1 aromatic carbocycles. The van der Waals surface area contributed by atoms with Crippen LogP contribution >= 0.6 is 0 Å². The molecule has 0 amide bonds. The molecule has 0 radical (unpaired) electrons. The zero-order valence-corrected chi connectivity index (χ0v) is 17.0. The van der Waals surface area contributed by atoms with Crippen molar-refractivity contribution >= 4 is 5.96 Å². The molecule has 152 valence electrons. The molecule has 6 heteroatoms. The van der Waals surface area contributed by atoms with Crippen LogP contribution in [0.5, 0.6) is 0 Å². The average molecular weight is 385 g/mol. The average Bonchev–Trinajstić information content (AvgIpc) is 3.21. The summed E-state index contributed by atoms with van der Waals surface area (Å²) in [4.78, 5) is 7.22. The van der Waals surface area contributed by atoms with Crippen molar-refractivity contribution in [3.63, 3.8) is 0 Å².